The van der Waals surface area contributed by atoms with E-state index in [1.807, 2.05) is 19.1 Å². The van der Waals surface area contributed by atoms with Gasteiger partial charge in [0.2, 0.25) is 5.91 Å². The normalized spacial score (nSPS) is 10.6. The Morgan fingerprint density at radius 2 is 1.96 bits per heavy atom. The van der Waals surface area contributed by atoms with E-state index >= 15 is 0 Å². The minimum Gasteiger partial charge on any atom is -0.495 e. The molecule has 0 atom stereocenters. The molecule has 6 nitrogen and oxygen atoms in total. The Morgan fingerprint density at radius 1 is 1.19 bits per heavy atom. The standard InChI is InChI=1S/C20H20ClN3O3/c1-3-24(12-19(25)23-16-6-4-5-7-18(16)27-2)20(26)17-11-13-10-14(21)8-9-15(13)22-17/h4-11,22H,3,12H2,1-2H3,(H,23,25). The van der Waals surface area contributed by atoms with Gasteiger partial charge in [0, 0.05) is 22.5 Å². The molecule has 2 aromatic carbocycles. The number of carbonyl (C=O) groups excluding carboxylic acids is 2. The third-order valence-corrected chi connectivity index (χ3v) is 4.43. The van der Waals surface area contributed by atoms with E-state index in [-0.39, 0.29) is 18.4 Å². The molecule has 1 heterocycles. The average molecular weight is 386 g/mol. The number of para-hydroxylation sites is 2. The number of fused-ring (bicyclic) bond motifs is 1. The number of aromatic nitrogens is 1. The lowest BCUT2D eigenvalue weighted by Gasteiger charge is -2.20. The molecule has 27 heavy (non-hydrogen) atoms. The summed E-state index contributed by atoms with van der Waals surface area (Å²) in [5, 5.41) is 4.23. The molecule has 2 N–H and O–H groups in total. The van der Waals surface area contributed by atoms with Crippen molar-refractivity contribution in [1.82, 2.24) is 9.88 Å². The lowest BCUT2D eigenvalue weighted by Crippen LogP contribution is -2.38. The quantitative estimate of drug-likeness (QED) is 0.675. The van der Waals surface area contributed by atoms with E-state index in [4.69, 9.17) is 16.3 Å². The maximum Gasteiger partial charge on any atom is 0.270 e. The number of carbonyl (C=O) groups is 2. The maximum atomic E-state index is 12.8. The SMILES string of the molecule is CCN(CC(=O)Nc1ccccc1OC)C(=O)c1cc2cc(Cl)ccc2[nH]1. The van der Waals surface area contributed by atoms with Crippen LogP contribution in [-0.2, 0) is 4.79 Å². The lowest BCUT2D eigenvalue weighted by atomic mass is 10.2. The number of methoxy groups -OCH3 is 1. The van der Waals surface area contributed by atoms with Crippen LogP contribution in [0.2, 0.25) is 5.02 Å². The second-order valence-electron chi connectivity index (χ2n) is 5.98. The lowest BCUT2D eigenvalue weighted by molar-refractivity contribution is -0.116. The van der Waals surface area contributed by atoms with Crippen molar-refractivity contribution in [3.63, 3.8) is 0 Å². The third-order valence-electron chi connectivity index (χ3n) is 4.20. The average Bonchev–Trinajstić information content (AvgIpc) is 3.09. The number of likely N-dealkylation sites (N-methyl/N-ethyl adjacent to an activating group) is 1. The van der Waals surface area contributed by atoms with Crippen molar-refractivity contribution < 1.29 is 14.3 Å². The van der Waals surface area contributed by atoms with Crippen LogP contribution in [0.15, 0.2) is 48.5 Å². The van der Waals surface area contributed by atoms with Crippen LogP contribution >= 0.6 is 11.6 Å². The van der Waals surface area contributed by atoms with Crippen molar-refractivity contribution in [2.24, 2.45) is 0 Å². The van der Waals surface area contributed by atoms with Crippen molar-refractivity contribution in [3.05, 3.63) is 59.2 Å². The first-order valence-electron chi connectivity index (χ1n) is 8.52. The van der Waals surface area contributed by atoms with Gasteiger partial charge in [0.15, 0.2) is 0 Å². The second kappa shape index (κ2) is 8.14. The molecular weight excluding hydrogens is 366 g/mol. The van der Waals surface area contributed by atoms with Gasteiger partial charge in [-0.2, -0.15) is 0 Å². The Morgan fingerprint density at radius 3 is 2.70 bits per heavy atom. The molecule has 2 amide bonds. The minimum atomic E-state index is -0.297. The molecule has 0 aliphatic heterocycles. The van der Waals surface area contributed by atoms with Crippen LogP contribution in [0.1, 0.15) is 17.4 Å². The Hall–Kier alpha value is -2.99. The van der Waals surface area contributed by atoms with Gasteiger partial charge in [0.25, 0.3) is 5.91 Å². The summed E-state index contributed by atoms with van der Waals surface area (Å²) in [5.41, 5.74) is 1.80. The van der Waals surface area contributed by atoms with Crippen LogP contribution < -0.4 is 10.1 Å². The highest BCUT2D eigenvalue weighted by Crippen LogP contribution is 2.23. The fourth-order valence-electron chi connectivity index (χ4n) is 2.83. The third kappa shape index (κ3) is 4.23. The first-order valence-corrected chi connectivity index (χ1v) is 8.90. The monoisotopic (exact) mass is 385 g/mol. The van der Waals surface area contributed by atoms with Crippen LogP contribution in [0.4, 0.5) is 5.69 Å². The topological polar surface area (TPSA) is 74.4 Å². The van der Waals surface area contributed by atoms with Crippen molar-refractivity contribution >= 4 is 40.0 Å². The summed E-state index contributed by atoms with van der Waals surface area (Å²) < 4.78 is 5.23. The first kappa shape index (κ1) is 18.8. The Labute approximate surface area is 162 Å². The number of H-pyrrole nitrogens is 1. The zero-order valence-corrected chi connectivity index (χ0v) is 15.8. The van der Waals surface area contributed by atoms with Crippen molar-refractivity contribution in [2.45, 2.75) is 6.92 Å². The fraction of sp³-hybridized carbons (Fsp3) is 0.200. The van der Waals surface area contributed by atoms with E-state index in [0.717, 1.165) is 10.9 Å². The molecule has 0 radical (unpaired) electrons. The number of nitrogens with zero attached hydrogens (tertiary/aromatic N) is 1. The summed E-state index contributed by atoms with van der Waals surface area (Å²) in [6, 6.07) is 14.2. The summed E-state index contributed by atoms with van der Waals surface area (Å²) in [5.74, 6) is 0.0153. The molecule has 0 aliphatic carbocycles. The summed E-state index contributed by atoms with van der Waals surface area (Å²) >= 11 is 6.00. The Balaban J connectivity index is 1.73. The van der Waals surface area contributed by atoms with E-state index in [2.05, 4.69) is 10.3 Å². The minimum absolute atomic E-state index is 0.0660. The molecule has 3 rings (SSSR count). The fourth-order valence-corrected chi connectivity index (χ4v) is 3.01. The van der Waals surface area contributed by atoms with Crippen LogP contribution in [0.3, 0.4) is 0 Å². The molecule has 140 valence electrons. The number of nitrogens with one attached hydrogen (secondary N) is 2. The van der Waals surface area contributed by atoms with E-state index < -0.39 is 0 Å². The predicted molar refractivity (Wildman–Crippen MR) is 107 cm³/mol. The van der Waals surface area contributed by atoms with Gasteiger partial charge >= 0.3 is 0 Å². The number of anilines is 1. The molecule has 0 bridgehead atoms. The summed E-state index contributed by atoms with van der Waals surface area (Å²) in [4.78, 5) is 29.8. The highest BCUT2D eigenvalue weighted by molar-refractivity contribution is 6.31. The number of ether oxygens (including phenoxy) is 1. The largest absolute Gasteiger partial charge is 0.495 e. The molecule has 1 aromatic heterocycles. The highest BCUT2D eigenvalue weighted by atomic mass is 35.5. The van der Waals surface area contributed by atoms with E-state index in [1.165, 1.54) is 12.0 Å². The molecule has 0 unspecified atom stereocenters. The van der Waals surface area contributed by atoms with Crippen LogP contribution in [0.25, 0.3) is 10.9 Å². The van der Waals surface area contributed by atoms with Crippen LogP contribution in [0.5, 0.6) is 5.75 Å². The van der Waals surface area contributed by atoms with Crippen LogP contribution in [0, 0.1) is 0 Å². The number of rotatable bonds is 6. The number of hydrogen-bond donors (Lipinski definition) is 2. The van der Waals surface area contributed by atoms with Gasteiger partial charge in [-0.05, 0) is 43.3 Å². The predicted octanol–water partition coefficient (Wildman–Crippen LogP) is 3.93. The number of aromatic amines is 1. The highest BCUT2D eigenvalue weighted by Gasteiger charge is 2.20. The molecular formula is C20H20ClN3O3. The van der Waals surface area contributed by atoms with Crippen molar-refractivity contribution in [2.75, 3.05) is 25.5 Å². The smallest absolute Gasteiger partial charge is 0.270 e. The molecule has 3 aromatic rings. The molecule has 0 fully saturated rings. The van der Waals surface area contributed by atoms with E-state index in [9.17, 15) is 9.59 Å². The van der Waals surface area contributed by atoms with Gasteiger partial charge in [0.05, 0.1) is 12.8 Å². The molecule has 0 aliphatic rings. The summed E-state index contributed by atoms with van der Waals surface area (Å²) in [7, 11) is 1.54. The zero-order valence-electron chi connectivity index (χ0n) is 15.1. The van der Waals surface area contributed by atoms with E-state index in [1.54, 1.807) is 36.4 Å². The number of benzene rings is 2. The Kier molecular flexibility index (Phi) is 5.66. The zero-order chi connectivity index (χ0) is 19.4. The van der Waals surface area contributed by atoms with Gasteiger partial charge in [-0.1, -0.05) is 23.7 Å². The first-order chi connectivity index (χ1) is 13.0. The molecule has 0 spiro atoms. The van der Waals surface area contributed by atoms with Gasteiger partial charge < -0.3 is 19.9 Å². The maximum absolute atomic E-state index is 12.8. The van der Waals surface area contributed by atoms with Crippen molar-refractivity contribution in [3.8, 4) is 5.75 Å². The second-order valence-corrected chi connectivity index (χ2v) is 6.42. The van der Waals surface area contributed by atoms with Gasteiger partial charge in [-0.3, -0.25) is 9.59 Å². The summed E-state index contributed by atoms with van der Waals surface area (Å²) in [6.45, 7) is 2.16. The molecule has 0 saturated heterocycles. The number of halogens is 1. The molecule has 0 saturated carbocycles. The van der Waals surface area contributed by atoms with Crippen molar-refractivity contribution in [1.29, 1.82) is 0 Å². The van der Waals surface area contributed by atoms with Gasteiger partial charge in [0.1, 0.15) is 18.0 Å². The van der Waals surface area contributed by atoms with Gasteiger partial charge in [-0.15, -0.1) is 0 Å². The Bertz CT molecular complexity index is 984. The number of amides is 2. The van der Waals surface area contributed by atoms with E-state index in [0.29, 0.717) is 28.7 Å². The molecule has 7 heteroatoms. The van der Waals surface area contributed by atoms with Crippen LogP contribution in [-0.4, -0.2) is 41.9 Å². The van der Waals surface area contributed by atoms with Gasteiger partial charge in [-0.25, -0.2) is 0 Å². The number of hydrogen-bond acceptors (Lipinski definition) is 3. The summed E-state index contributed by atoms with van der Waals surface area (Å²) in [6.07, 6.45) is 0.